The average molecular weight is 699 g/mol. The lowest BCUT2D eigenvalue weighted by Crippen LogP contribution is -2.37. The zero-order chi connectivity index (χ0) is 39.1. The normalized spacial score (nSPS) is 26.3. The van der Waals surface area contributed by atoms with Crippen molar-refractivity contribution >= 4 is 0 Å². The maximum atomic E-state index is 12.7. The van der Waals surface area contributed by atoms with Gasteiger partial charge in [0.25, 0.3) is 0 Å². The first-order valence-electron chi connectivity index (χ1n) is 18.9. The van der Waals surface area contributed by atoms with Crippen LogP contribution in [0.1, 0.15) is 116 Å². The topological polar surface area (TPSA) is 80.9 Å². The maximum absolute atomic E-state index is 12.7. The molecule has 3 bridgehead atoms. The number of rotatable bonds is 10. The van der Waals surface area contributed by atoms with E-state index in [4.69, 9.17) is 0 Å². The highest BCUT2D eigenvalue weighted by molar-refractivity contribution is 5.57. The number of fused-ring (bicyclic) bond motifs is 2. The van der Waals surface area contributed by atoms with Gasteiger partial charge in [-0.2, -0.15) is 0 Å². The van der Waals surface area contributed by atoms with Crippen LogP contribution in [-0.2, 0) is 0 Å². The van der Waals surface area contributed by atoms with Gasteiger partial charge in [-0.25, -0.2) is 0 Å². The molecule has 3 rings (SSSR count). The van der Waals surface area contributed by atoms with Gasteiger partial charge in [0.05, 0.1) is 24.7 Å². The Labute approximate surface area is 311 Å². The largest absolute Gasteiger partial charge is 0.511 e. The lowest BCUT2D eigenvalue weighted by molar-refractivity contribution is 0.0490. The standard InChI is InChI=1S/C47H70O4/c1-17-19-33(43(5,6)7)23-35(30(4)49)36-24-38(45(11,12)13)37-22-32-26-47(27-39(37)46(14,15)16,42(51)40(32)41(36)50)25-31(28-48)21-34(44(8,9)10)20-29(3)18-2/h17,19-24,27,30,37,40,42,48-51H,1,3,18,25-26,28H2,2,4-16H3/b31-21-,33-19+,34-20+,35-23+,38-24?,41-36?. The second kappa shape index (κ2) is 15.2. The third kappa shape index (κ3) is 9.36. The predicted molar refractivity (Wildman–Crippen MR) is 217 cm³/mol. The third-order valence-electron chi connectivity index (χ3n) is 11.0. The molecule has 0 aromatic rings. The average Bonchev–Trinajstić information content (AvgIpc) is 3.10. The molecule has 3 aliphatic rings. The molecule has 4 N–H and O–H groups in total. The Kier molecular flexibility index (Phi) is 12.7. The van der Waals surface area contributed by atoms with Crippen molar-refractivity contribution in [2.75, 3.05) is 6.61 Å². The highest BCUT2D eigenvalue weighted by Crippen LogP contribution is 2.60. The Bertz CT molecular complexity index is 1620. The van der Waals surface area contributed by atoms with Crippen LogP contribution < -0.4 is 0 Å². The molecule has 0 amide bonds. The Hall–Kier alpha value is -2.92. The molecule has 282 valence electrons. The monoisotopic (exact) mass is 699 g/mol. The molecule has 0 aromatic heterocycles. The summed E-state index contributed by atoms with van der Waals surface area (Å²) >= 11 is 0. The van der Waals surface area contributed by atoms with E-state index in [0.29, 0.717) is 24.0 Å². The van der Waals surface area contributed by atoms with Crippen LogP contribution in [0.2, 0.25) is 0 Å². The summed E-state index contributed by atoms with van der Waals surface area (Å²) in [7, 11) is 0. The summed E-state index contributed by atoms with van der Waals surface area (Å²) in [4.78, 5) is 0. The first kappa shape index (κ1) is 42.5. The van der Waals surface area contributed by atoms with Crippen molar-refractivity contribution in [3.63, 3.8) is 0 Å². The first-order chi connectivity index (χ1) is 23.2. The van der Waals surface area contributed by atoms with Crippen molar-refractivity contribution < 1.29 is 20.4 Å². The molecule has 1 saturated carbocycles. The van der Waals surface area contributed by atoms with Crippen LogP contribution in [-0.4, -0.2) is 39.2 Å². The van der Waals surface area contributed by atoms with Gasteiger partial charge in [-0.1, -0.05) is 174 Å². The van der Waals surface area contributed by atoms with Gasteiger partial charge < -0.3 is 20.4 Å². The van der Waals surface area contributed by atoms with Crippen LogP contribution in [0.25, 0.3) is 0 Å². The highest BCUT2D eigenvalue weighted by Gasteiger charge is 2.55. The van der Waals surface area contributed by atoms with E-state index in [0.717, 1.165) is 39.9 Å². The van der Waals surface area contributed by atoms with Gasteiger partial charge in [0.15, 0.2) is 0 Å². The van der Waals surface area contributed by atoms with E-state index in [1.165, 1.54) is 5.57 Å². The second-order valence-electron chi connectivity index (χ2n) is 19.4. The van der Waals surface area contributed by atoms with Crippen LogP contribution in [0.3, 0.4) is 0 Å². The van der Waals surface area contributed by atoms with E-state index in [9.17, 15) is 20.4 Å². The minimum absolute atomic E-state index is 0.0755. The Morgan fingerprint density at radius 2 is 1.49 bits per heavy atom. The van der Waals surface area contributed by atoms with E-state index in [1.807, 2.05) is 12.2 Å². The van der Waals surface area contributed by atoms with Crippen LogP contribution in [0.4, 0.5) is 0 Å². The van der Waals surface area contributed by atoms with Gasteiger partial charge in [0, 0.05) is 16.9 Å². The van der Waals surface area contributed by atoms with Gasteiger partial charge in [0.1, 0.15) is 5.76 Å². The van der Waals surface area contributed by atoms with Crippen molar-refractivity contribution in [2.45, 2.75) is 128 Å². The van der Waals surface area contributed by atoms with E-state index >= 15 is 0 Å². The van der Waals surface area contributed by atoms with Crippen LogP contribution in [0, 0.1) is 38.9 Å². The fourth-order valence-corrected chi connectivity index (χ4v) is 7.84. The molecular weight excluding hydrogens is 629 g/mol. The molecule has 0 saturated heterocycles. The fraction of sp³-hybridized carbons (Fsp3) is 0.574. The van der Waals surface area contributed by atoms with Crippen molar-refractivity contribution in [3.05, 3.63) is 118 Å². The summed E-state index contributed by atoms with van der Waals surface area (Å²) in [6.07, 6.45) is 16.6. The SMILES string of the molecule is C=C/C=C(\C=C(\C1=C(O)C2C3=CC(C(C(C)(C)C)=C1)C(C(C)(C)C)=CC(C/C(=C/C(=C\C(=C)CC)C(C)(C)C)CO)(C3)C2O)C(C)O)C(C)(C)C. The molecule has 0 heterocycles. The van der Waals surface area contributed by atoms with Gasteiger partial charge in [0.2, 0.25) is 0 Å². The fourth-order valence-electron chi connectivity index (χ4n) is 7.84. The lowest BCUT2D eigenvalue weighted by Gasteiger charge is -2.42. The van der Waals surface area contributed by atoms with E-state index in [-0.39, 0.29) is 39.9 Å². The summed E-state index contributed by atoms with van der Waals surface area (Å²) in [6.45, 7) is 38.1. The molecule has 0 aromatic carbocycles. The van der Waals surface area contributed by atoms with Crippen molar-refractivity contribution in [3.8, 4) is 0 Å². The van der Waals surface area contributed by atoms with Gasteiger partial charge in [-0.05, 0) is 70.1 Å². The molecule has 0 spiro atoms. The summed E-state index contributed by atoms with van der Waals surface area (Å²) in [6, 6.07) is 0. The van der Waals surface area contributed by atoms with E-state index < -0.39 is 23.5 Å². The molecule has 4 nitrogen and oxygen atoms in total. The zero-order valence-electron chi connectivity index (χ0n) is 34.5. The summed E-state index contributed by atoms with van der Waals surface area (Å²) < 4.78 is 0. The lowest BCUT2D eigenvalue weighted by atomic mass is 9.64. The van der Waals surface area contributed by atoms with Gasteiger partial charge in [-0.3, -0.25) is 0 Å². The van der Waals surface area contributed by atoms with Crippen molar-refractivity contribution in [1.29, 1.82) is 0 Å². The second-order valence-corrected chi connectivity index (χ2v) is 19.4. The number of hydrogen-bond donors (Lipinski definition) is 4. The minimum atomic E-state index is -0.967. The molecule has 4 heteroatoms. The summed E-state index contributed by atoms with van der Waals surface area (Å²) in [5, 5.41) is 47.6. The Morgan fingerprint density at radius 1 is 0.922 bits per heavy atom. The Balaban J connectivity index is 2.50. The van der Waals surface area contributed by atoms with Crippen LogP contribution >= 0.6 is 0 Å². The number of hydrogen-bond acceptors (Lipinski definition) is 4. The van der Waals surface area contributed by atoms with Gasteiger partial charge in [-0.15, -0.1) is 0 Å². The number of aliphatic hydroxyl groups is 4. The minimum Gasteiger partial charge on any atom is -0.511 e. The first-order valence-corrected chi connectivity index (χ1v) is 18.9. The predicted octanol–water partition coefficient (Wildman–Crippen LogP) is 11.4. The molecule has 0 radical (unpaired) electrons. The molecule has 1 fully saturated rings. The quantitative estimate of drug-likeness (QED) is 0.135. The van der Waals surface area contributed by atoms with E-state index in [2.05, 4.69) is 134 Å². The highest BCUT2D eigenvalue weighted by atomic mass is 16.3. The maximum Gasteiger partial charge on any atom is 0.110 e. The smallest absolute Gasteiger partial charge is 0.110 e. The molecular formula is C47H70O4. The van der Waals surface area contributed by atoms with Gasteiger partial charge >= 0.3 is 0 Å². The number of aliphatic hydroxyl groups excluding tert-OH is 4. The molecule has 3 aliphatic carbocycles. The summed E-state index contributed by atoms with van der Waals surface area (Å²) in [5.74, 6) is -0.675. The van der Waals surface area contributed by atoms with Crippen molar-refractivity contribution in [2.24, 2.45) is 38.9 Å². The van der Waals surface area contributed by atoms with E-state index in [1.54, 1.807) is 13.0 Å². The van der Waals surface area contributed by atoms with Crippen molar-refractivity contribution in [1.82, 2.24) is 0 Å². The molecule has 5 atom stereocenters. The zero-order valence-corrected chi connectivity index (χ0v) is 34.5. The molecule has 51 heavy (non-hydrogen) atoms. The summed E-state index contributed by atoms with van der Waals surface area (Å²) in [5.41, 5.74) is 6.69. The Morgan fingerprint density at radius 3 is 1.94 bits per heavy atom. The van der Waals surface area contributed by atoms with Crippen LogP contribution in [0.15, 0.2) is 118 Å². The number of allylic oxidation sites excluding steroid dienone is 12. The third-order valence-corrected chi connectivity index (χ3v) is 11.0. The molecule has 0 aliphatic heterocycles. The molecule has 5 unspecified atom stereocenters. The van der Waals surface area contributed by atoms with Crippen LogP contribution in [0.5, 0.6) is 0 Å².